The highest BCUT2D eigenvalue weighted by atomic mass is 32.2. The molecule has 0 radical (unpaired) electrons. The summed E-state index contributed by atoms with van der Waals surface area (Å²) in [7, 11) is 0. The largest absolute Gasteiger partial charge is 0.392 e. The summed E-state index contributed by atoms with van der Waals surface area (Å²) in [5.41, 5.74) is 1.90. The first-order valence-electron chi connectivity index (χ1n) is 7.50. The Balaban J connectivity index is 1.77. The molecule has 2 aromatic carbocycles. The highest BCUT2D eigenvalue weighted by Gasteiger charge is 2.14. The number of nitrogens with one attached hydrogen (secondary N) is 2. The van der Waals surface area contributed by atoms with Gasteiger partial charge in [-0.15, -0.1) is 11.3 Å². The molecule has 0 bridgehead atoms. The van der Waals surface area contributed by atoms with Crippen molar-refractivity contribution in [2.75, 3.05) is 4.72 Å². The van der Waals surface area contributed by atoms with Crippen LogP contribution in [0.5, 0.6) is 0 Å². The molecule has 4 rings (SSSR count). The van der Waals surface area contributed by atoms with E-state index in [2.05, 4.69) is 43.5 Å². The number of rotatable bonds is 6. The summed E-state index contributed by atoms with van der Waals surface area (Å²) in [6.07, 6.45) is 1.48. The topological polar surface area (TPSA) is 73.8 Å². The lowest BCUT2D eigenvalue weighted by Gasteiger charge is -2.15. The first-order chi connectivity index (χ1) is 12.3. The molecule has 0 saturated carbocycles. The van der Waals surface area contributed by atoms with Gasteiger partial charge in [-0.05, 0) is 52.2 Å². The summed E-state index contributed by atoms with van der Waals surface area (Å²) in [5, 5.41) is 21.5. The molecule has 25 heavy (non-hydrogen) atoms. The Kier molecular flexibility index (Phi) is 4.93. The Morgan fingerprint density at radius 2 is 2.04 bits per heavy atom. The number of H-pyrrole nitrogens is 1. The van der Waals surface area contributed by atoms with E-state index in [1.54, 1.807) is 23.3 Å². The number of nitrogens with zero attached hydrogens (tertiary/aromatic N) is 2. The first kappa shape index (κ1) is 16.5. The Hall–Kier alpha value is -2.00. The average molecular weight is 387 g/mol. The fraction of sp³-hybridized carbons (Fsp3) is 0.0588. The lowest BCUT2D eigenvalue weighted by Crippen LogP contribution is -1.95. The van der Waals surface area contributed by atoms with Gasteiger partial charge < -0.3 is 9.83 Å². The van der Waals surface area contributed by atoms with E-state index in [9.17, 15) is 5.11 Å². The zero-order valence-electron chi connectivity index (χ0n) is 13.0. The zero-order chi connectivity index (χ0) is 17.1. The van der Waals surface area contributed by atoms with Crippen LogP contribution < -0.4 is 4.72 Å². The maximum absolute atomic E-state index is 9.93. The van der Waals surface area contributed by atoms with Crippen LogP contribution >= 0.6 is 35.0 Å². The molecule has 2 heterocycles. The van der Waals surface area contributed by atoms with Crippen molar-refractivity contribution < 1.29 is 5.11 Å². The van der Waals surface area contributed by atoms with Gasteiger partial charge in [-0.2, -0.15) is 5.10 Å². The van der Waals surface area contributed by atoms with E-state index in [-0.39, 0.29) is 6.61 Å². The third-order valence-electron chi connectivity index (χ3n) is 3.63. The number of aromatic amines is 1. The number of hydrogen-bond donors (Lipinski definition) is 3. The van der Waals surface area contributed by atoms with Crippen LogP contribution in [0.2, 0.25) is 0 Å². The number of anilines is 1. The molecular weight excluding hydrogens is 372 g/mol. The van der Waals surface area contributed by atoms with Gasteiger partial charge in [0.2, 0.25) is 0 Å². The lowest BCUT2D eigenvalue weighted by molar-refractivity contribution is 0.280. The van der Waals surface area contributed by atoms with Crippen LogP contribution in [-0.4, -0.2) is 20.3 Å². The maximum atomic E-state index is 9.93. The van der Waals surface area contributed by atoms with Crippen molar-refractivity contribution in [1.82, 2.24) is 15.2 Å². The van der Waals surface area contributed by atoms with Gasteiger partial charge in [-0.3, -0.25) is 5.10 Å². The summed E-state index contributed by atoms with van der Waals surface area (Å²) < 4.78 is 4.64. The number of aromatic nitrogens is 3. The van der Waals surface area contributed by atoms with E-state index >= 15 is 0 Å². The fourth-order valence-corrected chi connectivity index (χ4v) is 4.86. The van der Waals surface area contributed by atoms with E-state index in [1.807, 2.05) is 24.3 Å². The van der Waals surface area contributed by atoms with Gasteiger partial charge in [0.15, 0.2) is 5.16 Å². The molecule has 0 aliphatic heterocycles. The number of aliphatic hydroxyl groups excluding tert-OH is 1. The standard InChI is InChI=1S/C17H14N4OS3/c22-9-13-11-4-1-2-5-12(11)14(21-25-16-6-3-7-23-16)8-15(13)24-17-18-10-19-20-17/h1-8,10,21-22H,9H2,(H,18,19,20). The number of thiophene rings is 1. The van der Waals surface area contributed by atoms with Crippen molar-refractivity contribution in [3.63, 3.8) is 0 Å². The second kappa shape index (κ2) is 7.49. The third-order valence-corrected chi connectivity index (χ3v) is 6.46. The molecule has 0 amide bonds. The monoisotopic (exact) mass is 386 g/mol. The molecule has 0 atom stereocenters. The van der Waals surface area contributed by atoms with Crippen molar-refractivity contribution in [3.8, 4) is 0 Å². The van der Waals surface area contributed by atoms with E-state index < -0.39 is 0 Å². The Labute approximate surface area is 157 Å². The predicted octanol–water partition coefficient (Wildman–Crippen LogP) is 4.78. The smallest absolute Gasteiger partial charge is 0.188 e. The lowest BCUT2D eigenvalue weighted by atomic mass is 10.0. The van der Waals surface area contributed by atoms with Gasteiger partial charge in [0, 0.05) is 10.3 Å². The molecule has 0 unspecified atom stereocenters. The number of hydrogen-bond acceptors (Lipinski definition) is 7. The number of aliphatic hydroxyl groups is 1. The summed E-state index contributed by atoms with van der Waals surface area (Å²) in [6.45, 7) is -0.0324. The minimum atomic E-state index is -0.0324. The molecule has 3 N–H and O–H groups in total. The van der Waals surface area contributed by atoms with E-state index in [0.29, 0.717) is 5.16 Å². The van der Waals surface area contributed by atoms with Crippen molar-refractivity contribution in [3.05, 3.63) is 59.7 Å². The zero-order valence-corrected chi connectivity index (χ0v) is 15.4. The van der Waals surface area contributed by atoms with Gasteiger partial charge in [0.05, 0.1) is 16.5 Å². The fourth-order valence-electron chi connectivity index (χ4n) is 2.52. The molecule has 126 valence electrons. The van der Waals surface area contributed by atoms with Gasteiger partial charge in [0.25, 0.3) is 0 Å². The van der Waals surface area contributed by atoms with E-state index in [1.165, 1.54) is 22.3 Å². The first-order valence-corrected chi connectivity index (χ1v) is 10.0. The van der Waals surface area contributed by atoms with Crippen LogP contribution in [0.15, 0.2) is 68.4 Å². The van der Waals surface area contributed by atoms with Crippen molar-refractivity contribution in [2.24, 2.45) is 0 Å². The van der Waals surface area contributed by atoms with Gasteiger partial charge in [0.1, 0.15) is 6.33 Å². The molecular formula is C17H14N4OS3. The Bertz CT molecular complexity index is 971. The van der Waals surface area contributed by atoms with Crippen molar-refractivity contribution in [1.29, 1.82) is 0 Å². The van der Waals surface area contributed by atoms with Crippen LogP contribution in [0, 0.1) is 0 Å². The van der Waals surface area contributed by atoms with Crippen LogP contribution in [0.25, 0.3) is 10.8 Å². The van der Waals surface area contributed by atoms with Gasteiger partial charge in [-0.25, -0.2) is 4.98 Å². The van der Waals surface area contributed by atoms with E-state index in [4.69, 9.17) is 0 Å². The number of fused-ring (bicyclic) bond motifs is 1. The second-order valence-corrected chi connectivity index (χ2v) is 8.22. The Morgan fingerprint density at radius 3 is 2.76 bits per heavy atom. The van der Waals surface area contributed by atoms with Gasteiger partial charge >= 0.3 is 0 Å². The van der Waals surface area contributed by atoms with Crippen LogP contribution in [0.4, 0.5) is 5.69 Å². The van der Waals surface area contributed by atoms with Crippen molar-refractivity contribution >= 4 is 51.5 Å². The van der Waals surface area contributed by atoms with Crippen LogP contribution in [0.1, 0.15) is 5.56 Å². The van der Waals surface area contributed by atoms with Crippen LogP contribution in [0.3, 0.4) is 0 Å². The molecule has 0 saturated heterocycles. The molecule has 0 aliphatic rings. The average Bonchev–Trinajstić information content (AvgIpc) is 3.33. The highest BCUT2D eigenvalue weighted by molar-refractivity contribution is 8.02. The molecule has 8 heteroatoms. The van der Waals surface area contributed by atoms with E-state index in [0.717, 1.165) is 26.9 Å². The third kappa shape index (κ3) is 3.52. The van der Waals surface area contributed by atoms with Crippen molar-refractivity contribution in [2.45, 2.75) is 20.9 Å². The molecule has 0 fully saturated rings. The quantitative estimate of drug-likeness (QED) is 0.414. The normalized spacial score (nSPS) is 11.1. The molecule has 0 spiro atoms. The summed E-state index contributed by atoms with van der Waals surface area (Å²) in [4.78, 5) is 5.13. The summed E-state index contributed by atoms with van der Waals surface area (Å²) in [5.74, 6) is 0. The van der Waals surface area contributed by atoms with Crippen LogP contribution in [-0.2, 0) is 6.61 Å². The SMILES string of the molecule is OCc1c(Sc2ncn[nH]2)cc(NSc2cccs2)c2ccccc12. The minimum Gasteiger partial charge on any atom is -0.392 e. The minimum absolute atomic E-state index is 0.0324. The maximum Gasteiger partial charge on any atom is 0.188 e. The summed E-state index contributed by atoms with van der Waals surface area (Å²) >= 11 is 4.74. The second-order valence-electron chi connectivity index (χ2n) is 5.13. The number of benzene rings is 2. The molecule has 5 nitrogen and oxygen atoms in total. The Morgan fingerprint density at radius 1 is 1.16 bits per heavy atom. The molecule has 4 aromatic rings. The highest BCUT2D eigenvalue weighted by Crippen LogP contribution is 2.39. The molecule has 0 aliphatic carbocycles. The summed E-state index contributed by atoms with van der Waals surface area (Å²) in [6, 6.07) is 14.3. The predicted molar refractivity (Wildman–Crippen MR) is 104 cm³/mol. The van der Waals surface area contributed by atoms with Gasteiger partial charge in [-0.1, -0.05) is 30.3 Å². The molecule has 2 aromatic heterocycles.